The topological polar surface area (TPSA) is 70.7 Å². The minimum Gasteiger partial charge on any atom is -0.351 e. The molecule has 0 saturated carbocycles. The van der Waals surface area contributed by atoms with Crippen molar-refractivity contribution < 1.29 is 4.79 Å². The van der Waals surface area contributed by atoms with E-state index in [1.807, 2.05) is 49.4 Å². The van der Waals surface area contributed by atoms with E-state index in [9.17, 15) is 4.79 Å². The number of aryl methyl sites for hydroxylation is 1. The van der Waals surface area contributed by atoms with Crippen molar-refractivity contribution in [3.8, 4) is 11.4 Å². The van der Waals surface area contributed by atoms with E-state index in [-0.39, 0.29) is 11.2 Å². The number of thioether (sulfide) groups is 1. The molecular weight excluding hydrogens is 356 g/mol. The van der Waals surface area contributed by atoms with Crippen LogP contribution in [0.25, 0.3) is 11.4 Å². The highest BCUT2D eigenvalue weighted by Crippen LogP contribution is 2.25. The van der Waals surface area contributed by atoms with Gasteiger partial charge in [-0.3, -0.25) is 9.89 Å². The predicted molar refractivity (Wildman–Crippen MR) is 109 cm³/mol. The molecule has 27 heavy (non-hydrogen) atoms. The normalized spacial score (nSPS) is 11.9. The Kier molecular flexibility index (Phi) is 6.65. The molecule has 3 rings (SSSR count). The Morgan fingerprint density at radius 2 is 1.81 bits per heavy atom. The molecule has 5 nitrogen and oxygen atoms in total. The second kappa shape index (κ2) is 9.37. The van der Waals surface area contributed by atoms with Gasteiger partial charge in [-0.1, -0.05) is 80.2 Å². The van der Waals surface area contributed by atoms with Crippen molar-refractivity contribution in [2.24, 2.45) is 0 Å². The van der Waals surface area contributed by atoms with Gasteiger partial charge in [-0.2, -0.15) is 0 Å². The van der Waals surface area contributed by atoms with Crippen LogP contribution in [0.5, 0.6) is 0 Å². The van der Waals surface area contributed by atoms with E-state index in [0.717, 1.165) is 23.4 Å². The Bertz CT molecular complexity index is 861. The summed E-state index contributed by atoms with van der Waals surface area (Å²) in [5.74, 6) is 0.727. The molecule has 0 radical (unpaired) electrons. The van der Waals surface area contributed by atoms with E-state index < -0.39 is 0 Å². The number of carbonyl (C=O) groups excluding carboxylic acids is 1. The number of amides is 1. The maximum Gasteiger partial charge on any atom is 0.233 e. The van der Waals surface area contributed by atoms with Crippen molar-refractivity contribution in [2.75, 3.05) is 0 Å². The molecule has 0 aliphatic heterocycles. The van der Waals surface area contributed by atoms with Crippen LogP contribution in [0.15, 0.2) is 59.8 Å². The molecule has 0 aliphatic carbocycles. The molecule has 2 N–H and O–H groups in total. The summed E-state index contributed by atoms with van der Waals surface area (Å²) in [6.45, 7) is 4.66. The molecule has 3 aromatic rings. The lowest BCUT2D eigenvalue weighted by Crippen LogP contribution is -2.31. The number of aromatic amines is 1. The highest BCUT2D eigenvalue weighted by Gasteiger charge is 2.20. The minimum atomic E-state index is -0.222. The molecule has 1 aromatic heterocycles. The molecule has 1 heterocycles. The lowest BCUT2D eigenvalue weighted by Gasteiger charge is -2.12. The molecule has 2 aromatic carbocycles. The zero-order valence-corrected chi connectivity index (χ0v) is 16.4. The van der Waals surface area contributed by atoms with Gasteiger partial charge >= 0.3 is 0 Å². The van der Waals surface area contributed by atoms with Crippen LogP contribution in [-0.2, 0) is 17.8 Å². The van der Waals surface area contributed by atoms with Crippen LogP contribution < -0.4 is 5.32 Å². The van der Waals surface area contributed by atoms with Crippen molar-refractivity contribution in [3.05, 3.63) is 65.7 Å². The largest absolute Gasteiger partial charge is 0.351 e. The van der Waals surface area contributed by atoms with Crippen molar-refractivity contribution in [2.45, 2.75) is 43.6 Å². The average molecular weight is 381 g/mol. The Morgan fingerprint density at radius 3 is 2.48 bits per heavy atom. The van der Waals surface area contributed by atoms with Crippen molar-refractivity contribution >= 4 is 17.7 Å². The second-order valence-corrected chi connectivity index (χ2v) is 7.41. The highest BCUT2D eigenvalue weighted by atomic mass is 32.2. The predicted octanol–water partition coefficient (Wildman–Crippen LogP) is 4.22. The Labute approximate surface area is 164 Å². The van der Waals surface area contributed by atoms with Crippen LogP contribution in [0, 0.1) is 0 Å². The molecule has 0 fully saturated rings. The second-order valence-electron chi connectivity index (χ2n) is 6.24. The van der Waals surface area contributed by atoms with Gasteiger partial charge in [0.25, 0.3) is 0 Å². The SMILES string of the molecule is CCc1ccc(-c2nc(SC(CC)C(=O)NCc3ccccc3)n[nH]2)cc1. The molecule has 0 bridgehead atoms. The van der Waals surface area contributed by atoms with E-state index in [4.69, 9.17) is 0 Å². The summed E-state index contributed by atoms with van der Waals surface area (Å²) < 4.78 is 0. The van der Waals surface area contributed by atoms with E-state index >= 15 is 0 Å². The van der Waals surface area contributed by atoms with Crippen molar-refractivity contribution in [1.29, 1.82) is 0 Å². The van der Waals surface area contributed by atoms with Gasteiger partial charge < -0.3 is 5.32 Å². The zero-order chi connectivity index (χ0) is 19.1. The van der Waals surface area contributed by atoms with Gasteiger partial charge in [-0.05, 0) is 24.0 Å². The number of carbonyl (C=O) groups is 1. The fourth-order valence-electron chi connectivity index (χ4n) is 2.67. The van der Waals surface area contributed by atoms with E-state index in [0.29, 0.717) is 18.1 Å². The van der Waals surface area contributed by atoms with Crippen LogP contribution in [0.3, 0.4) is 0 Å². The first kappa shape index (κ1) is 19.2. The first-order valence-electron chi connectivity index (χ1n) is 9.19. The maximum atomic E-state index is 12.5. The third-order valence-corrected chi connectivity index (χ3v) is 5.55. The van der Waals surface area contributed by atoms with Crippen LogP contribution in [0.2, 0.25) is 0 Å². The van der Waals surface area contributed by atoms with E-state index in [2.05, 4.69) is 39.6 Å². The smallest absolute Gasteiger partial charge is 0.233 e. The van der Waals surface area contributed by atoms with E-state index in [1.54, 1.807) is 0 Å². The fourth-order valence-corrected chi connectivity index (χ4v) is 3.53. The van der Waals surface area contributed by atoms with E-state index in [1.165, 1.54) is 17.3 Å². The summed E-state index contributed by atoms with van der Waals surface area (Å²) in [6.07, 6.45) is 1.72. The third-order valence-electron chi connectivity index (χ3n) is 4.32. The minimum absolute atomic E-state index is 0.00463. The monoisotopic (exact) mass is 380 g/mol. The van der Waals surface area contributed by atoms with Gasteiger partial charge in [0, 0.05) is 12.1 Å². The van der Waals surface area contributed by atoms with Gasteiger partial charge in [0.15, 0.2) is 5.82 Å². The third kappa shape index (κ3) is 5.20. The number of nitrogens with zero attached hydrogens (tertiary/aromatic N) is 2. The summed E-state index contributed by atoms with van der Waals surface area (Å²) in [6, 6.07) is 18.2. The fraction of sp³-hybridized carbons (Fsp3) is 0.286. The van der Waals surface area contributed by atoms with Crippen molar-refractivity contribution in [1.82, 2.24) is 20.5 Å². The van der Waals surface area contributed by atoms with Crippen LogP contribution >= 0.6 is 11.8 Å². The highest BCUT2D eigenvalue weighted by molar-refractivity contribution is 8.00. The van der Waals surface area contributed by atoms with Crippen LogP contribution in [0.1, 0.15) is 31.4 Å². The molecule has 6 heteroatoms. The van der Waals surface area contributed by atoms with Gasteiger partial charge in [0.1, 0.15) is 0 Å². The summed E-state index contributed by atoms with van der Waals surface area (Å²) in [5.41, 5.74) is 3.36. The van der Waals surface area contributed by atoms with Gasteiger partial charge in [0.05, 0.1) is 5.25 Å². The quantitative estimate of drug-likeness (QED) is 0.574. The first-order valence-corrected chi connectivity index (χ1v) is 10.1. The Hall–Kier alpha value is -2.60. The van der Waals surface area contributed by atoms with Gasteiger partial charge in [-0.25, -0.2) is 4.98 Å². The molecule has 0 saturated heterocycles. The Morgan fingerprint density at radius 1 is 1.07 bits per heavy atom. The number of benzene rings is 2. The maximum absolute atomic E-state index is 12.5. The number of rotatable bonds is 8. The molecule has 0 aliphatic rings. The van der Waals surface area contributed by atoms with Crippen molar-refractivity contribution in [3.63, 3.8) is 0 Å². The molecule has 0 spiro atoms. The number of nitrogens with one attached hydrogen (secondary N) is 2. The zero-order valence-electron chi connectivity index (χ0n) is 15.6. The number of aromatic nitrogens is 3. The number of hydrogen-bond acceptors (Lipinski definition) is 4. The summed E-state index contributed by atoms with van der Waals surface area (Å²) in [7, 11) is 0. The number of hydrogen-bond donors (Lipinski definition) is 2. The lowest BCUT2D eigenvalue weighted by molar-refractivity contribution is -0.120. The molecule has 1 unspecified atom stereocenters. The molecule has 1 amide bonds. The number of H-pyrrole nitrogens is 1. The average Bonchev–Trinajstić information content (AvgIpc) is 3.19. The molecular formula is C21H24N4OS. The summed E-state index contributed by atoms with van der Waals surface area (Å²) >= 11 is 1.39. The summed E-state index contributed by atoms with van der Waals surface area (Å²) in [4.78, 5) is 17.0. The van der Waals surface area contributed by atoms with Crippen LogP contribution in [-0.4, -0.2) is 26.3 Å². The first-order chi connectivity index (χ1) is 13.2. The van der Waals surface area contributed by atoms with Crippen LogP contribution in [0.4, 0.5) is 0 Å². The van der Waals surface area contributed by atoms with Gasteiger partial charge in [0.2, 0.25) is 11.1 Å². The lowest BCUT2D eigenvalue weighted by atomic mass is 10.1. The van der Waals surface area contributed by atoms with Gasteiger partial charge in [-0.15, -0.1) is 5.10 Å². The molecule has 140 valence electrons. The molecule has 1 atom stereocenters. The Balaban J connectivity index is 1.60. The standard InChI is InChI=1S/C21H24N4OS/c1-3-15-10-12-17(13-11-15)19-23-21(25-24-19)27-18(4-2)20(26)22-14-16-8-6-5-7-9-16/h5-13,18H,3-4,14H2,1-2H3,(H,22,26)(H,23,24,25). The summed E-state index contributed by atoms with van der Waals surface area (Å²) in [5, 5.41) is 10.6.